The average Bonchev–Trinajstić information content (AvgIpc) is 3.32. The van der Waals surface area contributed by atoms with Crippen LogP contribution in [-0.2, 0) is 22.8 Å². The summed E-state index contributed by atoms with van der Waals surface area (Å²) in [5, 5.41) is 11.4. The molecule has 2 aliphatic heterocycles. The maximum atomic E-state index is 13.1. The number of hydrogen-bond acceptors (Lipinski definition) is 6. The second-order valence-electron chi connectivity index (χ2n) is 8.62. The van der Waals surface area contributed by atoms with E-state index in [9.17, 15) is 18.0 Å². The van der Waals surface area contributed by atoms with E-state index >= 15 is 0 Å². The van der Waals surface area contributed by atoms with Crippen molar-refractivity contribution < 1.29 is 18.0 Å². The maximum Gasteiger partial charge on any atom is 0.255 e. The summed E-state index contributed by atoms with van der Waals surface area (Å²) in [6.45, 7) is 0.893. The van der Waals surface area contributed by atoms with Gasteiger partial charge < -0.3 is 9.88 Å². The quantitative estimate of drug-likeness (QED) is 0.416. The number of sulfone groups is 1. The Labute approximate surface area is 201 Å². The van der Waals surface area contributed by atoms with Crippen LogP contribution in [0.4, 0.5) is 5.69 Å². The molecular formula is C26H20N4O4S. The van der Waals surface area contributed by atoms with Gasteiger partial charge in [0.15, 0.2) is 11.6 Å². The molecule has 1 amide bonds. The first kappa shape index (κ1) is 21.4. The predicted molar refractivity (Wildman–Crippen MR) is 128 cm³/mol. The minimum absolute atomic E-state index is 0.0404. The molecule has 0 saturated carbocycles. The van der Waals surface area contributed by atoms with Crippen molar-refractivity contribution in [1.29, 1.82) is 0 Å². The molecule has 0 spiro atoms. The summed E-state index contributed by atoms with van der Waals surface area (Å²) in [6.07, 6.45) is 3.14. The lowest BCUT2D eigenvalue weighted by Gasteiger charge is -2.19. The first-order chi connectivity index (χ1) is 16.9. The van der Waals surface area contributed by atoms with Crippen molar-refractivity contribution in [3.05, 3.63) is 89.2 Å². The minimum atomic E-state index is -3.92. The number of hydrogen-bond donors (Lipinski definition) is 1. The van der Waals surface area contributed by atoms with Crippen LogP contribution in [0.2, 0.25) is 0 Å². The van der Waals surface area contributed by atoms with Crippen molar-refractivity contribution in [1.82, 2.24) is 14.8 Å². The predicted octanol–water partition coefficient (Wildman–Crippen LogP) is 3.91. The number of carbonyl (C=O) groups excluding carboxylic acids is 2. The van der Waals surface area contributed by atoms with Crippen LogP contribution in [0.3, 0.4) is 0 Å². The number of aryl methyl sites for hydroxylation is 1. The summed E-state index contributed by atoms with van der Waals surface area (Å²) in [5.74, 6) is 0.958. The molecule has 2 aliphatic rings. The summed E-state index contributed by atoms with van der Waals surface area (Å²) in [4.78, 5) is 25.5. The molecule has 0 bridgehead atoms. The fourth-order valence-corrected chi connectivity index (χ4v) is 6.33. The summed E-state index contributed by atoms with van der Waals surface area (Å²) in [7, 11) is -3.92. The standard InChI is InChI=1S/C26H20N4O4S/c31-24-19-5-1-2-6-21(19)35(33,34)22-15-17(10-13-20(22)24)26(32)27-18-11-8-16(9-12-18)25-29-28-23-7-3-4-14-30(23)25/h1-2,5-6,8-13,15H,3-4,7,14H2,(H,27,32). The number of ketones is 1. The Kier molecular flexibility index (Phi) is 4.89. The fraction of sp³-hybridized carbons (Fsp3) is 0.154. The SMILES string of the molecule is O=C(Nc1ccc(-c2nnc3n2CCCC3)cc1)c1ccc2c(c1)S(=O)(=O)c1ccccc1C2=O. The normalized spacial score (nSPS) is 15.6. The molecule has 0 saturated heterocycles. The van der Waals surface area contributed by atoms with E-state index in [1.807, 2.05) is 12.1 Å². The van der Waals surface area contributed by atoms with Crippen LogP contribution in [0.5, 0.6) is 0 Å². The lowest BCUT2D eigenvalue weighted by atomic mass is 10.0. The molecule has 0 fully saturated rings. The van der Waals surface area contributed by atoms with E-state index in [1.54, 1.807) is 24.3 Å². The van der Waals surface area contributed by atoms with Crippen molar-refractivity contribution in [3.63, 3.8) is 0 Å². The number of carbonyl (C=O) groups is 2. The third-order valence-electron chi connectivity index (χ3n) is 6.46. The van der Waals surface area contributed by atoms with Crippen LogP contribution in [0.15, 0.2) is 76.5 Å². The number of amides is 1. The zero-order valence-electron chi connectivity index (χ0n) is 18.6. The van der Waals surface area contributed by atoms with E-state index in [0.29, 0.717) is 5.69 Å². The number of fused-ring (bicyclic) bond motifs is 3. The molecule has 1 N–H and O–H groups in total. The van der Waals surface area contributed by atoms with Crippen LogP contribution in [0.25, 0.3) is 11.4 Å². The van der Waals surface area contributed by atoms with Gasteiger partial charge in [0.2, 0.25) is 9.84 Å². The van der Waals surface area contributed by atoms with Crippen molar-refractivity contribution in [2.45, 2.75) is 35.6 Å². The molecular weight excluding hydrogens is 464 g/mol. The molecule has 9 heteroatoms. The van der Waals surface area contributed by atoms with Gasteiger partial charge in [-0.15, -0.1) is 10.2 Å². The Morgan fingerprint density at radius 2 is 1.66 bits per heavy atom. The van der Waals surface area contributed by atoms with Crippen molar-refractivity contribution in [2.24, 2.45) is 0 Å². The first-order valence-electron chi connectivity index (χ1n) is 11.3. The number of anilines is 1. The number of benzene rings is 3. The highest BCUT2D eigenvalue weighted by Gasteiger charge is 2.35. The molecule has 0 unspecified atom stereocenters. The third-order valence-corrected chi connectivity index (χ3v) is 8.31. The molecule has 0 radical (unpaired) electrons. The molecule has 35 heavy (non-hydrogen) atoms. The van der Waals surface area contributed by atoms with E-state index in [0.717, 1.165) is 43.0 Å². The highest BCUT2D eigenvalue weighted by molar-refractivity contribution is 7.91. The van der Waals surface area contributed by atoms with Crippen LogP contribution in [0, 0.1) is 0 Å². The van der Waals surface area contributed by atoms with E-state index in [1.165, 1.54) is 30.3 Å². The van der Waals surface area contributed by atoms with Crippen LogP contribution >= 0.6 is 0 Å². The second-order valence-corrected chi connectivity index (χ2v) is 10.5. The Morgan fingerprint density at radius 1 is 0.886 bits per heavy atom. The summed E-state index contributed by atoms with van der Waals surface area (Å²) in [6, 6.07) is 17.5. The Balaban J connectivity index is 1.26. The lowest BCUT2D eigenvalue weighted by Crippen LogP contribution is -2.21. The number of aromatic nitrogens is 3. The molecule has 4 aromatic rings. The summed E-state index contributed by atoms with van der Waals surface area (Å²) in [5.41, 5.74) is 1.82. The Bertz CT molecular complexity index is 1620. The zero-order valence-corrected chi connectivity index (χ0v) is 19.4. The van der Waals surface area contributed by atoms with Gasteiger partial charge in [0.05, 0.1) is 9.79 Å². The van der Waals surface area contributed by atoms with Gasteiger partial charge in [-0.25, -0.2) is 8.42 Å². The summed E-state index contributed by atoms with van der Waals surface area (Å²) < 4.78 is 28.4. The Morgan fingerprint density at radius 3 is 2.49 bits per heavy atom. The van der Waals surface area contributed by atoms with Gasteiger partial charge in [-0.3, -0.25) is 9.59 Å². The zero-order chi connectivity index (χ0) is 24.2. The van der Waals surface area contributed by atoms with Crippen LogP contribution < -0.4 is 5.32 Å². The van der Waals surface area contributed by atoms with Gasteiger partial charge >= 0.3 is 0 Å². The minimum Gasteiger partial charge on any atom is -0.322 e. The van der Waals surface area contributed by atoms with E-state index in [2.05, 4.69) is 20.1 Å². The Hall–Kier alpha value is -4.11. The van der Waals surface area contributed by atoms with Gasteiger partial charge in [-0.1, -0.05) is 12.1 Å². The molecule has 1 aromatic heterocycles. The monoisotopic (exact) mass is 484 g/mol. The largest absolute Gasteiger partial charge is 0.322 e. The van der Waals surface area contributed by atoms with E-state index in [-0.39, 0.29) is 32.3 Å². The second kappa shape index (κ2) is 7.99. The van der Waals surface area contributed by atoms with Gasteiger partial charge in [-0.05, 0) is 67.4 Å². The van der Waals surface area contributed by atoms with Crippen molar-refractivity contribution in [2.75, 3.05) is 5.32 Å². The topological polar surface area (TPSA) is 111 Å². The fourth-order valence-electron chi connectivity index (χ4n) is 4.65. The van der Waals surface area contributed by atoms with Gasteiger partial charge in [0.1, 0.15) is 5.82 Å². The molecule has 0 atom stereocenters. The van der Waals surface area contributed by atoms with Crippen LogP contribution in [-0.4, -0.2) is 34.9 Å². The average molecular weight is 485 g/mol. The van der Waals surface area contributed by atoms with Crippen molar-refractivity contribution >= 4 is 27.2 Å². The number of rotatable bonds is 3. The molecule has 8 nitrogen and oxygen atoms in total. The molecule has 3 heterocycles. The smallest absolute Gasteiger partial charge is 0.255 e. The highest BCUT2D eigenvalue weighted by atomic mass is 32.2. The summed E-state index contributed by atoms with van der Waals surface area (Å²) >= 11 is 0. The van der Waals surface area contributed by atoms with E-state index in [4.69, 9.17) is 0 Å². The molecule has 6 rings (SSSR count). The third kappa shape index (κ3) is 3.47. The lowest BCUT2D eigenvalue weighted by molar-refractivity contribution is 0.101. The molecule has 174 valence electrons. The van der Waals surface area contributed by atoms with Gasteiger partial charge in [-0.2, -0.15) is 0 Å². The number of nitrogens with zero attached hydrogens (tertiary/aromatic N) is 3. The molecule has 0 aliphatic carbocycles. The van der Waals surface area contributed by atoms with Gasteiger partial charge in [0.25, 0.3) is 5.91 Å². The van der Waals surface area contributed by atoms with Gasteiger partial charge in [0, 0.05) is 40.9 Å². The van der Waals surface area contributed by atoms with Crippen LogP contribution in [0.1, 0.15) is 44.9 Å². The van der Waals surface area contributed by atoms with Crippen molar-refractivity contribution in [3.8, 4) is 11.4 Å². The highest BCUT2D eigenvalue weighted by Crippen LogP contribution is 2.35. The maximum absolute atomic E-state index is 13.1. The van der Waals surface area contributed by atoms with E-state index < -0.39 is 15.7 Å². The first-order valence-corrected chi connectivity index (χ1v) is 12.8. The molecule has 3 aromatic carbocycles. The number of nitrogens with one attached hydrogen (secondary N) is 1.